The van der Waals surface area contributed by atoms with Gasteiger partial charge in [0.1, 0.15) is 0 Å². The number of hydrogen-bond acceptors (Lipinski definition) is 3. The van der Waals surface area contributed by atoms with Gasteiger partial charge >= 0.3 is 5.97 Å². The van der Waals surface area contributed by atoms with Crippen LogP contribution in [-0.4, -0.2) is 29.1 Å². The summed E-state index contributed by atoms with van der Waals surface area (Å²) in [6.45, 7) is 7.48. The van der Waals surface area contributed by atoms with Crippen molar-refractivity contribution in [2.24, 2.45) is 17.6 Å². The van der Waals surface area contributed by atoms with E-state index in [2.05, 4.69) is 5.32 Å². The van der Waals surface area contributed by atoms with Crippen molar-refractivity contribution in [1.29, 1.82) is 0 Å². The van der Waals surface area contributed by atoms with Gasteiger partial charge in [-0.2, -0.15) is 0 Å². The van der Waals surface area contributed by atoms with Gasteiger partial charge in [-0.05, 0) is 19.8 Å². The largest absolute Gasteiger partial charge is 0.481 e. The predicted molar refractivity (Wildman–Crippen MR) is 61.9 cm³/mol. The minimum Gasteiger partial charge on any atom is -0.481 e. The second kappa shape index (κ2) is 5.84. The maximum Gasteiger partial charge on any atom is 0.305 e. The van der Waals surface area contributed by atoms with Crippen molar-refractivity contribution in [3.05, 3.63) is 0 Å². The highest BCUT2D eigenvalue weighted by atomic mass is 16.4. The maximum absolute atomic E-state index is 11.8. The van der Waals surface area contributed by atoms with Gasteiger partial charge in [-0.15, -0.1) is 0 Å². The summed E-state index contributed by atoms with van der Waals surface area (Å²) in [5.74, 6) is -1.23. The monoisotopic (exact) mass is 230 g/mol. The minimum absolute atomic E-state index is 0.103. The van der Waals surface area contributed by atoms with Gasteiger partial charge in [0.05, 0.1) is 12.3 Å². The summed E-state index contributed by atoms with van der Waals surface area (Å²) in [6.07, 6.45) is -0.103. The van der Waals surface area contributed by atoms with Gasteiger partial charge in [-0.1, -0.05) is 13.8 Å². The molecule has 5 nitrogen and oxygen atoms in total. The fourth-order valence-corrected chi connectivity index (χ4v) is 1.53. The molecule has 0 fully saturated rings. The number of carboxylic acid groups (broad SMARTS) is 1. The molecule has 5 heteroatoms. The van der Waals surface area contributed by atoms with Gasteiger partial charge in [0.25, 0.3) is 0 Å². The molecule has 0 aliphatic heterocycles. The maximum atomic E-state index is 11.8. The second-order valence-corrected chi connectivity index (χ2v) is 5.03. The summed E-state index contributed by atoms with van der Waals surface area (Å²) in [4.78, 5) is 22.4. The highest BCUT2D eigenvalue weighted by molar-refractivity contribution is 5.80. The lowest BCUT2D eigenvalue weighted by Crippen LogP contribution is -2.49. The van der Waals surface area contributed by atoms with E-state index in [0.717, 1.165) is 0 Å². The standard InChI is InChI=1S/C11H22N2O3/c1-7(2)8(6-12)10(16)13-11(3,4)5-9(14)15/h7-8H,5-6,12H2,1-4H3,(H,13,16)(H,14,15). The average molecular weight is 230 g/mol. The number of hydrogen-bond donors (Lipinski definition) is 3. The van der Waals surface area contributed by atoms with Crippen LogP contribution >= 0.6 is 0 Å². The Morgan fingerprint density at radius 1 is 1.38 bits per heavy atom. The second-order valence-electron chi connectivity index (χ2n) is 5.03. The normalized spacial score (nSPS) is 13.6. The summed E-state index contributed by atoms with van der Waals surface area (Å²) >= 11 is 0. The Balaban J connectivity index is 4.47. The molecule has 4 N–H and O–H groups in total. The van der Waals surface area contributed by atoms with Crippen molar-refractivity contribution < 1.29 is 14.7 Å². The van der Waals surface area contributed by atoms with E-state index in [1.807, 2.05) is 13.8 Å². The fraction of sp³-hybridized carbons (Fsp3) is 0.818. The van der Waals surface area contributed by atoms with Crippen molar-refractivity contribution in [2.75, 3.05) is 6.54 Å². The molecule has 1 atom stereocenters. The summed E-state index contributed by atoms with van der Waals surface area (Å²) in [6, 6.07) is 0. The van der Waals surface area contributed by atoms with Gasteiger partial charge in [-0.25, -0.2) is 0 Å². The van der Waals surface area contributed by atoms with E-state index < -0.39 is 11.5 Å². The molecule has 0 spiro atoms. The number of nitrogens with one attached hydrogen (secondary N) is 1. The number of rotatable bonds is 6. The molecule has 1 amide bonds. The first-order valence-electron chi connectivity index (χ1n) is 5.43. The molecular weight excluding hydrogens is 208 g/mol. The molecule has 0 aliphatic rings. The van der Waals surface area contributed by atoms with Gasteiger partial charge in [-0.3, -0.25) is 9.59 Å². The molecule has 0 aromatic rings. The van der Waals surface area contributed by atoms with E-state index in [-0.39, 0.29) is 30.7 Å². The van der Waals surface area contributed by atoms with E-state index in [4.69, 9.17) is 10.8 Å². The lowest BCUT2D eigenvalue weighted by atomic mass is 9.92. The molecule has 0 aromatic carbocycles. The average Bonchev–Trinajstić information content (AvgIpc) is 1.99. The number of nitrogens with two attached hydrogens (primary N) is 1. The molecule has 0 saturated carbocycles. The third-order valence-electron chi connectivity index (χ3n) is 2.45. The summed E-state index contributed by atoms with van der Waals surface area (Å²) in [7, 11) is 0. The molecule has 0 aliphatic carbocycles. The first-order valence-corrected chi connectivity index (χ1v) is 5.43. The van der Waals surface area contributed by atoms with E-state index in [1.54, 1.807) is 13.8 Å². The van der Waals surface area contributed by atoms with Crippen molar-refractivity contribution in [1.82, 2.24) is 5.32 Å². The third-order valence-corrected chi connectivity index (χ3v) is 2.45. The highest BCUT2D eigenvalue weighted by Crippen LogP contribution is 2.14. The van der Waals surface area contributed by atoms with E-state index >= 15 is 0 Å². The number of carboxylic acids is 1. The zero-order valence-corrected chi connectivity index (χ0v) is 10.4. The summed E-state index contributed by atoms with van der Waals surface area (Å²) in [5.41, 5.74) is 4.77. The van der Waals surface area contributed by atoms with Crippen molar-refractivity contribution in [3.8, 4) is 0 Å². The number of amides is 1. The van der Waals surface area contributed by atoms with E-state index in [0.29, 0.717) is 0 Å². The Kier molecular flexibility index (Phi) is 5.44. The van der Waals surface area contributed by atoms with Gasteiger partial charge in [0.2, 0.25) is 5.91 Å². The van der Waals surface area contributed by atoms with E-state index in [9.17, 15) is 9.59 Å². The lowest BCUT2D eigenvalue weighted by molar-refractivity contribution is -0.139. The van der Waals surface area contributed by atoms with Crippen LogP contribution in [0.15, 0.2) is 0 Å². The van der Waals surface area contributed by atoms with Crippen LogP contribution in [0.25, 0.3) is 0 Å². The lowest BCUT2D eigenvalue weighted by Gasteiger charge is -2.28. The Morgan fingerprint density at radius 3 is 2.19 bits per heavy atom. The summed E-state index contributed by atoms with van der Waals surface area (Å²) < 4.78 is 0. The van der Waals surface area contributed by atoms with Crippen LogP contribution in [0, 0.1) is 11.8 Å². The first-order chi connectivity index (χ1) is 7.19. The molecule has 1 unspecified atom stereocenters. The number of carbonyl (C=O) groups excluding carboxylic acids is 1. The fourth-order valence-electron chi connectivity index (χ4n) is 1.53. The van der Waals surface area contributed by atoms with Gasteiger partial charge in [0, 0.05) is 12.1 Å². The number of aliphatic carboxylic acids is 1. The van der Waals surface area contributed by atoms with Crippen LogP contribution < -0.4 is 11.1 Å². The molecule has 0 rings (SSSR count). The van der Waals surface area contributed by atoms with Crippen LogP contribution in [0.1, 0.15) is 34.1 Å². The molecular formula is C11H22N2O3. The molecule has 0 bridgehead atoms. The topological polar surface area (TPSA) is 92.4 Å². The zero-order valence-electron chi connectivity index (χ0n) is 10.4. The van der Waals surface area contributed by atoms with Crippen LogP contribution in [0.3, 0.4) is 0 Å². The van der Waals surface area contributed by atoms with Gasteiger partial charge < -0.3 is 16.2 Å². The van der Waals surface area contributed by atoms with E-state index in [1.165, 1.54) is 0 Å². The van der Waals surface area contributed by atoms with Crippen molar-refractivity contribution in [2.45, 2.75) is 39.7 Å². The Labute approximate surface area is 96.4 Å². The van der Waals surface area contributed by atoms with Crippen molar-refractivity contribution in [3.63, 3.8) is 0 Å². The minimum atomic E-state index is -0.931. The van der Waals surface area contributed by atoms with Crippen LogP contribution in [-0.2, 0) is 9.59 Å². The van der Waals surface area contributed by atoms with Crippen LogP contribution in [0.5, 0.6) is 0 Å². The zero-order chi connectivity index (χ0) is 12.9. The third kappa shape index (κ3) is 5.11. The molecule has 0 radical (unpaired) electrons. The van der Waals surface area contributed by atoms with Crippen molar-refractivity contribution >= 4 is 11.9 Å². The Hall–Kier alpha value is -1.10. The summed E-state index contributed by atoms with van der Waals surface area (Å²) in [5, 5.41) is 11.4. The molecule has 0 aromatic heterocycles. The molecule has 16 heavy (non-hydrogen) atoms. The predicted octanol–water partition coefficient (Wildman–Crippen LogP) is 0.587. The Morgan fingerprint density at radius 2 is 1.88 bits per heavy atom. The molecule has 94 valence electrons. The smallest absolute Gasteiger partial charge is 0.305 e. The van der Waals surface area contributed by atoms with Crippen LogP contribution in [0.4, 0.5) is 0 Å². The Bertz CT molecular complexity index is 262. The number of carbonyl (C=O) groups is 2. The van der Waals surface area contributed by atoms with Gasteiger partial charge in [0.15, 0.2) is 0 Å². The molecule has 0 saturated heterocycles. The first kappa shape index (κ1) is 14.9. The molecule has 0 heterocycles. The van der Waals surface area contributed by atoms with Crippen LogP contribution in [0.2, 0.25) is 0 Å². The quantitative estimate of drug-likeness (QED) is 0.622. The SMILES string of the molecule is CC(C)C(CN)C(=O)NC(C)(C)CC(=O)O. The highest BCUT2D eigenvalue weighted by Gasteiger charge is 2.28.